The van der Waals surface area contributed by atoms with Gasteiger partial charge in [0.2, 0.25) is 5.91 Å². The third kappa shape index (κ3) is 5.99. The van der Waals surface area contributed by atoms with Crippen LogP contribution in [0.2, 0.25) is 0 Å². The molecule has 0 heterocycles. The van der Waals surface area contributed by atoms with Gasteiger partial charge in [-0.3, -0.25) is 14.9 Å². The maximum Gasteiger partial charge on any atom is 0.407 e. The SMILES string of the molecule is CC(C)(F)C[C@H](N[C@@H](c1ccc(-c2cccc(C3(C(=O)O)CC3)c2)cc1)C(F)(F)F)C(=O)NC1(C#N)CC1. The van der Waals surface area contributed by atoms with Crippen LogP contribution in [0.4, 0.5) is 17.6 Å². The van der Waals surface area contributed by atoms with Gasteiger partial charge in [-0.1, -0.05) is 48.5 Å². The standard InChI is InChI=1S/C28H29F4N3O3/c1-25(2,29)15-21(23(36)35-26(16-33)10-11-26)34-22(28(30,31)32)18-8-6-17(7-9-18)19-4-3-5-20(14-19)27(12-13-27)24(37)38/h3-9,14,21-22,34H,10-13,15H2,1-2H3,(H,35,36)(H,37,38)/t21-,22-/m0/s1. The number of carbonyl (C=O) groups is 2. The Labute approximate surface area is 218 Å². The van der Waals surface area contributed by atoms with Gasteiger partial charge in [0.1, 0.15) is 17.2 Å². The second kappa shape index (κ2) is 9.70. The summed E-state index contributed by atoms with van der Waals surface area (Å²) in [5.74, 6) is -1.76. The summed E-state index contributed by atoms with van der Waals surface area (Å²) >= 11 is 0. The number of nitriles is 1. The first-order chi connectivity index (χ1) is 17.7. The maximum atomic E-state index is 14.5. The van der Waals surface area contributed by atoms with Crippen LogP contribution in [0.15, 0.2) is 48.5 Å². The van der Waals surface area contributed by atoms with Crippen molar-refractivity contribution in [1.82, 2.24) is 10.6 Å². The number of halogens is 4. The van der Waals surface area contributed by atoms with E-state index < -0.39 is 53.2 Å². The van der Waals surface area contributed by atoms with Crippen molar-refractivity contribution < 1.29 is 32.3 Å². The summed E-state index contributed by atoms with van der Waals surface area (Å²) in [5, 5.41) is 23.6. The quantitative estimate of drug-likeness (QED) is 0.359. The van der Waals surface area contributed by atoms with Crippen molar-refractivity contribution in [2.24, 2.45) is 0 Å². The second-order valence-electron chi connectivity index (χ2n) is 10.9. The molecule has 2 aromatic carbocycles. The van der Waals surface area contributed by atoms with Gasteiger partial charge in [0.15, 0.2) is 0 Å². The monoisotopic (exact) mass is 531 g/mol. The van der Waals surface area contributed by atoms with Crippen LogP contribution in [0.3, 0.4) is 0 Å². The van der Waals surface area contributed by atoms with Gasteiger partial charge in [-0.15, -0.1) is 0 Å². The molecule has 0 bridgehead atoms. The Morgan fingerprint density at radius 1 is 1.03 bits per heavy atom. The van der Waals surface area contributed by atoms with Crippen molar-refractivity contribution >= 4 is 11.9 Å². The zero-order valence-corrected chi connectivity index (χ0v) is 21.0. The van der Waals surface area contributed by atoms with Crippen molar-refractivity contribution in [3.05, 3.63) is 59.7 Å². The minimum atomic E-state index is -4.80. The van der Waals surface area contributed by atoms with Gasteiger partial charge < -0.3 is 10.4 Å². The lowest BCUT2D eigenvalue weighted by Crippen LogP contribution is -2.53. The molecule has 0 aromatic heterocycles. The Bertz CT molecular complexity index is 1250. The van der Waals surface area contributed by atoms with E-state index in [1.165, 1.54) is 38.1 Å². The summed E-state index contributed by atoms with van der Waals surface area (Å²) < 4.78 is 57.0. The molecule has 2 saturated carbocycles. The van der Waals surface area contributed by atoms with Crippen molar-refractivity contribution in [1.29, 1.82) is 5.26 Å². The molecule has 38 heavy (non-hydrogen) atoms. The number of nitrogens with one attached hydrogen (secondary N) is 2. The zero-order chi connectivity index (χ0) is 27.9. The number of amides is 1. The van der Waals surface area contributed by atoms with Crippen LogP contribution in [0.5, 0.6) is 0 Å². The number of carbonyl (C=O) groups excluding carboxylic acids is 1. The van der Waals surface area contributed by atoms with E-state index in [1.54, 1.807) is 24.3 Å². The van der Waals surface area contributed by atoms with Crippen molar-refractivity contribution in [3.63, 3.8) is 0 Å². The molecule has 0 unspecified atom stereocenters. The minimum absolute atomic E-state index is 0.169. The molecule has 2 atom stereocenters. The van der Waals surface area contributed by atoms with Crippen LogP contribution in [-0.2, 0) is 15.0 Å². The lowest BCUT2D eigenvalue weighted by atomic mass is 9.92. The fraction of sp³-hybridized carbons (Fsp3) is 0.464. The van der Waals surface area contributed by atoms with E-state index in [1.807, 2.05) is 6.07 Å². The Morgan fingerprint density at radius 2 is 1.66 bits per heavy atom. The molecule has 2 aliphatic rings. The average Bonchev–Trinajstić information content (AvgIpc) is 3.76. The first kappa shape index (κ1) is 27.6. The number of hydrogen-bond acceptors (Lipinski definition) is 4. The summed E-state index contributed by atoms with van der Waals surface area (Å²) in [6, 6.07) is 10.7. The van der Waals surface area contributed by atoms with Gasteiger partial charge in [-0.2, -0.15) is 18.4 Å². The Morgan fingerprint density at radius 3 is 2.13 bits per heavy atom. The molecule has 2 fully saturated rings. The van der Waals surface area contributed by atoms with Gasteiger partial charge in [0.25, 0.3) is 0 Å². The fourth-order valence-corrected chi connectivity index (χ4v) is 4.62. The van der Waals surface area contributed by atoms with Gasteiger partial charge in [-0.25, -0.2) is 4.39 Å². The summed E-state index contributed by atoms with van der Waals surface area (Å²) in [7, 11) is 0. The van der Waals surface area contributed by atoms with Crippen LogP contribution >= 0.6 is 0 Å². The molecule has 6 nitrogen and oxygen atoms in total. The summed E-state index contributed by atoms with van der Waals surface area (Å²) in [5.41, 5.74) is -2.22. The Hall–Kier alpha value is -3.45. The number of carboxylic acids is 1. The third-order valence-corrected chi connectivity index (χ3v) is 7.18. The molecule has 2 aliphatic carbocycles. The predicted molar refractivity (Wildman–Crippen MR) is 132 cm³/mol. The molecular formula is C28H29F4N3O3. The van der Waals surface area contributed by atoms with Gasteiger partial charge in [-0.05, 0) is 61.8 Å². The number of benzene rings is 2. The smallest absolute Gasteiger partial charge is 0.407 e. The summed E-state index contributed by atoms with van der Waals surface area (Å²) in [6.07, 6.45) is -3.48. The predicted octanol–water partition coefficient (Wildman–Crippen LogP) is 5.34. The number of carboxylic acid groups (broad SMARTS) is 1. The van der Waals surface area contributed by atoms with E-state index in [9.17, 15) is 37.5 Å². The lowest BCUT2D eigenvalue weighted by Gasteiger charge is -2.30. The van der Waals surface area contributed by atoms with Gasteiger partial charge >= 0.3 is 12.1 Å². The molecule has 2 aromatic rings. The van der Waals surface area contributed by atoms with Crippen LogP contribution in [0.25, 0.3) is 11.1 Å². The molecule has 10 heteroatoms. The highest BCUT2D eigenvalue weighted by Crippen LogP contribution is 2.49. The lowest BCUT2D eigenvalue weighted by molar-refractivity contribution is -0.161. The first-order valence-electron chi connectivity index (χ1n) is 12.4. The van der Waals surface area contributed by atoms with Crippen molar-refractivity contribution in [2.45, 2.75) is 80.8 Å². The molecule has 0 radical (unpaired) electrons. The van der Waals surface area contributed by atoms with Crippen molar-refractivity contribution in [3.8, 4) is 17.2 Å². The number of rotatable bonds is 10. The normalized spacial score (nSPS) is 19.1. The number of alkyl halides is 4. The number of aliphatic carboxylic acids is 1. The molecular weight excluding hydrogens is 502 g/mol. The molecule has 4 rings (SSSR count). The second-order valence-corrected chi connectivity index (χ2v) is 10.9. The minimum Gasteiger partial charge on any atom is -0.481 e. The van der Waals surface area contributed by atoms with E-state index in [-0.39, 0.29) is 5.56 Å². The van der Waals surface area contributed by atoms with E-state index in [2.05, 4.69) is 10.6 Å². The van der Waals surface area contributed by atoms with Gasteiger partial charge in [0, 0.05) is 6.42 Å². The van der Waals surface area contributed by atoms with E-state index in [0.29, 0.717) is 42.4 Å². The molecule has 0 aliphatic heterocycles. The number of nitrogens with zero attached hydrogens (tertiary/aromatic N) is 1. The average molecular weight is 532 g/mol. The van der Waals surface area contributed by atoms with E-state index in [0.717, 1.165) is 0 Å². The van der Waals surface area contributed by atoms with Crippen LogP contribution < -0.4 is 10.6 Å². The molecule has 0 spiro atoms. The third-order valence-electron chi connectivity index (χ3n) is 7.18. The van der Waals surface area contributed by atoms with Crippen LogP contribution in [0, 0.1) is 11.3 Å². The zero-order valence-electron chi connectivity index (χ0n) is 21.0. The largest absolute Gasteiger partial charge is 0.481 e. The molecule has 3 N–H and O–H groups in total. The van der Waals surface area contributed by atoms with Gasteiger partial charge in [0.05, 0.1) is 17.5 Å². The molecule has 0 saturated heterocycles. The topological polar surface area (TPSA) is 102 Å². The van der Waals surface area contributed by atoms with E-state index in [4.69, 9.17) is 0 Å². The highest BCUT2D eigenvalue weighted by Gasteiger charge is 2.52. The number of hydrogen-bond donors (Lipinski definition) is 3. The van der Waals surface area contributed by atoms with E-state index >= 15 is 0 Å². The Kier molecular flexibility index (Phi) is 7.04. The van der Waals surface area contributed by atoms with Crippen LogP contribution in [0.1, 0.15) is 63.1 Å². The Balaban J connectivity index is 1.59. The fourth-order valence-electron chi connectivity index (χ4n) is 4.62. The first-order valence-corrected chi connectivity index (χ1v) is 12.4. The summed E-state index contributed by atoms with van der Waals surface area (Å²) in [6.45, 7) is 2.35. The molecule has 1 amide bonds. The maximum absolute atomic E-state index is 14.5. The molecule has 202 valence electrons. The highest BCUT2D eigenvalue weighted by atomic mass is 19.4. The highest BCUT2D eigenvalue weighted by molar-refractivity contribution is 5.85. The van der Waals surface area contributed by atoms with Crippen LogP contribution in [-0.4, -0.2) is 40.4 Å². The summed E-state index contributed by atoms with van der Waals surface area (Å²) in [4.78, 5) is 24.5. The van der Waals surface area contributed by atoms with Crippen molar-refractivity contribution in [2.75, 3.05) is 0 Å².